The molecule has 17 heavy (non-hydrogen) atoms. The van der Waals surface area contributed by atoms with Gasteiger partial charge in [-0.1, -0.05) is 47.5 Å². The molecule has 1 saturated heterocycles. The summed E-state index contributed by atoms with van der Waals surface area (Å²) in [5.41, 5.74) is 2.69. The molecule has 1 heterocycles. The Morgan fingerprint density at radius 1 is 0.647 bits per heavy atom. The number of rotatable bonds is 2. The minimum atomic E-state index is 0.563. The lowest BCUT2D eigenvalue weighted by molar-refractivity contribution is 1.03. The molecule has 0 saturated carbocycles. The fourth-order valence-electron chi connectivity index (χ4n) is 1.92. The van der Waals surface area contributed by atoms with Crippen molar-refractivity contribution in [2.45, 2.75) is 10.5 Å². The molecule has 1 aliphatic heterocycles. The van der Waals surface area contributed by atoms with Crippen molar-refractivity contribution in [2.24, 2.45) is 0 Å². The smallest absolute Gasteiger partial charge is 0.0463 e. The van der Waals surface area contributed by atoms with Crippen LogP contribution in [0.2, 0.25) is 10.0 Å². The van der Waals surface area contributed by atoms with E-state index in [9.17, 15) is 0 Å². The van der Waals surface area contributed by atoms with Crippen LogP contribution in [0.25, 0.3) is 0 Å². The Morgan fingerprint density at radius 3 is 1.35 bits per heavy atom. The third kappa shape index (κ3) is 2.47. The minimum absolute atomic E-state index is 0.563. The van der Waals surface area contributed by atoms with E-state index in [0.29, 0.717) is 10.5 Å². The summed E-state index contributed by atoms with van der Waals surface area (Å²) in [6.07, 6.45) is 0. The number of hydrogen-bond acceptors (Lipinski definition) is 1. The first-order chi connectivity index (χ1) is 8.24. The fraction of sp³-hybridized carbons (Fsp3) is 0.143. The van der Waals surface area contributed by atoms with Gasteiger partial charge in [-0.3, -0.25) is 0 Å². The Hall–Kier alpha value is -0.630. The van der Waals surface area contributed by atoms with Crippen LogP contribution < -0.4 is 0 Å². The van der Waals surface area contributed by atoms with Crippen LogP contribution in [0.3, 0.4) is 0 Å². The molecule has 0 aromatic heterocycles. The minimum Gasteiger partial charge on any atom is -0.143 e. The lowest BCUT2D eigenvalue weighted by Crippen LogP contribution is -1.84. The summed E-state index contributed by atoms with van der Waals surface area (Å²) in [6, 6.07) is 16.2. The predicted octanol–water partition coefficient (Wildman–Crippen LogP) is 5.52. The summed E-state index contributed by atoms with van der Waals surface area (Å²) in [4.78, 5) is 0. The first kappa shape index (κ1) is 11.5. The van der Waals surface area contributed by atoms with Gasteiger partial charge in [0.05, 0.1) is 0 Å². The molecule has 0 aliphatic carbocycles. The third-order valence-corrected chi connectivity index (χ3v) is 4.75. The summed E-state index contributed by atoms with van der Waals surface area (Å²) in [5.74, 6) is 0. The highest BCUT2D eigenvalue weighted by molar-refractivity contribution is 8.06. The highest BCUT2D eigenvalue weighted by Crippen LogP contribution is 2.65. The fourth-order valence-corrected chi connectivity index (χ4v) is 3.34. The van der Waals surface area contributed by atoms with Gasteiger partial charge >= 0.3 is 0 Å². The van der Waals surface area contributed by atoms with E-state index in [1.807, 2.05) is 36.0 Å². The molecular weight excluding hydrogens is 271 g/mol. The van der Waals surface area contributed by atoms with Crippen LogP contribution in [0.5, 0.6) is 0 Å². The molecule has 2 aromatic carbocycles. The van der Waals surface area contributed by atoms with Gasteiger partial charge in [0, 0.05) is 20.5 Å². The van der Waals surface area contributed by atoms with Gasteiger partial charge in [0.15, 0.2) is 0 Å². The Kier molecular flexibility index (Phi) is 3.08. The van der Waals surface area contributed by atoms with Crippen LogP contribution in [0.1, 0.15) is 21.6 Å². The molecule has 2 aromatic rings. The van der Waals surface area contributed by atoms with Crippen molar-refractivity contribution in [3.05, 3.63) is 69.7 Å². The topological polar surface area (TPSA) is 0 Å². The van der Waals surface area contributed by atoms with Crippen LogP contribution in [0.4, 0.5) is 0 Å². The Labute approximate surface area is 115 Å². The molecule has 0 radical (unpaired) electrons. The van der Waals surface area contributed by atoms with Crippen molar-refractivity contribution in [1.29, 1.82) is 0 Å². The van der Waals surface area contributed by atoms with Gasteiger partial charge in [-0.15, -0.1) is 11.8 Å². The molecular formula is C14H10Cl2S. The lowest BCUT2D eigenvalue weighted by atomic mass is 10.0. The Balaban J connectivity index is 1.78. The molecule has 0 bridgehead atoms. The number of halogens is 2. The van der Waals surface area contributed by atoms with Gasteiger partial charge in [-0.05, 0) is 35.4 Å². The summed E-state index contributed by atoms with van der Waals surface area (Å²) in [6.45, 7) is 0. The highest BCUT2D eigenvalue weighted by atomic mass is 35.5. The van der Waals surface area contributed by atoms with E-state index < -0.39 is 0 Å². The number of hydrogen-bond donors (Lipinski definition) is 0. The first-order valence-corrected chi connectivity index (χ1v) is 7.10. The molecule has 0 nitrogen and oxygen atoms in total. The zero-order valence-electron chi connectivity index (χ0n) is 8.94. The van der Waals surface area contributed by atoms with Crippen molar-refractivity contribution < 1.29 is 0 Å². The van der Waals surface area contributed by atoms with Gasteiger partial charge in [-0.2, -0.15) is 0 Å². The standard InChI is InChI=1S/C14H10Cl2S/c15-11-5-1-9(2-6-11)13-14(17-13)10-3-7-12(16)8-4-10/h1-8,13-14H/t13-,14-/m1/s1. The second kappa shape index (κ2) is 4.56. The first-order valence-electron chi connectivity index (χ1n) is 5.40. The van der Waals surface area contributed by atoms with Gasteiger partial charge in [0.25, 0.3) is 0 Å². The second-order valence-electron chi connectivity index (χ2n) is 4.08. The summed E-state index contributed by atoms with van der Waals surface area (Å²) >= 11 is 13.7. The van der Waals surface area contributed by atoms with Gasteiger partial charge in [0.2, 0.25) is 0 Å². The largest absolute Gasteiger partial charge is 0.143 e. The van der Waals surface area contributed by atoms with E-state index >= 15 is 0 Å². The van der Waals surface area contributed by atoms with Crippen LogP contribution in [-0.2, 0) is 0 Å². The predicted molar refractivity (Wildman–Crippen MR) is 76.0 cm³/mol. The monoisotopic (exact) mass is 280 g/mol. The van der Waals surface area contributed by atoms with E-state index in [2.05, 4.69) is 24.3 Å². The quantitative estimate of drug-likeness (QED) is 0.653. The lowest BCUT2D eigenvalue weighted by Gasteiger charge is -2.00. The maximum Gasteiger partial charge on any atom is 0.0463 e. The average molecular weight is 281 g/mol. The van der Waals surface area contributed by atoms with Crippen LogP contribution >= 0.6 is 35.0 Å². The van der Waals surface area contributed by atoms with Crippen LogP contribution in [-0.4, -0.2) is 0 Å². The van der Waals surface area contributed by atoms with E-state index in [0.717, 1.165) is 10.0 Å². The van der Waals surface area contributed by atoms with Crippen LogP contribution in [0, 0.1) is 0 Å². The van der Waals surface area contributed by atoms with Crippen LogP contribution in [0.15, 0.2) is 48.5 Å². The van der Waals surface area contributed by atoms with E-state index in [1.165, 1.54) is 11.1 Å². The van der Waals surface area contributed by atoms with Crippen molar-refractivity contribution >= 4 is 35.0 Å². The average Bonchev–Trinajstić information content (AvgIpc) is 3.11. The van der Waals surface area contributed by atoms with E-state index in [4.69, 9.17) is 23.2 Å². The summed E-state index contributed by atoms with van der Waals surface area (Å²) in [7, 11) is 0. The SMILES string of the molecule is Clc1ccc([C@H]2S[C@@H]2c2ccc(Cl)cc2)cc1. The van der Waals surface area contributed by atoms with Gasteiger partial charge in [0.1, 0.15) is 0 Å². The van der Waals surface area contributed by atoms with Gasteiger partial charge < -0.3 is 0 Å². The zero-order chi connectivity index (χ0) is 11.8. The third-order valence-electron chi connectivity index (χ3n) is 2.89. The molecule has 1 fully saturated rings. The van der Waals surface area contributed by atoms with Crippen molar-refractivity contribution in [2.75, 3.05) is 0 Å². The van der Waals surface area contributed by atoms with Crippen molar-refractivity contribution in [3.63, 3.8) is 0 Å². The highest BCUT2D eigenvalue weighted by Gasteiger charge is 2.40. The molecule has 3 heteroatoms. The molecule has 0 amide bonds. The normalized spacial score (nSPS) is 22.5. The van der Waals surface area contributed by atoms with Gasteiger partial charge in [-0.25, -0.2) is 0 Å². The molecule has 2 atom stereocenters. The summed E-state index contributed by atoms with van der Waals surface area (Å²) < 4.78 is 0. The maximum absolute atomic E-state index is 5.89. The molecule has 0 unspecified atom stereocenters. The van der Waals surface area contributed by atoms with Crippen molar-refractivity contribution in [3.8, 4) is 0 Å². The maximum atomic E-state index is 5.89. The molecule has 1 aliphatic rings. The molecule has 0 spiro atoms. The molecule has 0 N–H and O–H groups in total. The summed E-state index contributed by atoms with van der Waals surface area (Å²) in [5, 5.41) is 2.71. The zero-order valence-corrected chi connectivity index (χ0v) is 11.3. The second-order valence-corrected chi connectivity index (χ2v) is 6.24. The van der Waals surface area contributed by atoms with Crippen molar-refractivity contribution in [1.82, 2.24) is 0 Å². The Bertz CT molecular complexity index is 469. The number of thioether (sulfide) groups is 1. The Morgan fingerprint density at radius 2 is 1.00 bits per heavy atom. The van der Waals surface area contributed by atoms with E-state index in [-0.39, 0.29) is 0 Å². The number of benzene rings is 2. The molecule has 3 rings (SSSR count). The molecule has 86 valence electrons. The van der Waals surface area contributed by atoms with E-state index in [1.54, 1.807) is 0 Å².